The summed E-state index contributed by atoms with van der Waals surface area (Å²) in [5.41, 5.74) is 0.771. The Bertz CT molecular complexity index is 680. The highest BCUT2D eigenvalue weighted by Gasteiger charge is 2.18. The lowest BCUT2D eigenvalue weighted by molar-refractivity contribution is 0.0702. The first-order chi connectivity index (χ1) is 8.99. The molecule has 0 fully saturated rings. The van der Waals surface area contributed by atoms with Crippen molar-refractivity contribution in [3.8, 4) is 0 Å². The summed E-state index contributed by atoms with van der Waals surface area (Å²) in [6.45, 7) is 0.128. The first-order valence-electron chi connectivity index (χ1n) is 5.19. The molecule has 0 aromatic carbocycles. The summed E-state index contributed by atoms with van der Waals surface area (Å²) in [6, 6.07) is 4.53. The highest BCUT2D eigenvalue weighted by Crippen LogP contribution is 2.19. The van der Waals surface area contributed by atoms with Crippen LogP contribution in [0.3, 0.4) is 0 Å². The smallest absolute Gasteiger partial charge is 0.345 e. The molecule has 2 aromatic rings. The van der Waals surface area contributed by atoms with E-state index in [1.54, 1.807) is 24.5 Å². The maximum atomic E-state index is 11.9. The van der Waals surface area contributed by atoms with Gasteiger partial charge in [-0.2, -0.15) is 0 Å². The summed E-state index contributed by atoms with van der Waals surface area (Å²) < 4.78 is 26.3. The van der Waals surface area contributed by atoms with Gasteiger partial charge in [-0.25, -0.2) is 17.9 Å². The summed E-state index contributed by atoms with van der Waals surface area (Å²) in [5.74, 6) is -1.14. The Morgan fingerprint density at radius 2 is 2.05 bits per heavy atom. The van der Waals surface area contributed by atoms with Crippen LogP contribution in [0.1, 0.15) is 15.2 Å². The number of aromatic carboxylic acids is 1. The average molecular weight is 298 g/mol. The van der Waals surface area contributed by atoms with Crippen molar-refractivity contribution in [2.24, 2.45) is 0 Å². The maximum absolute atomic E-state index is 11.9. The van der Waals surface area contributed by atoms with E-state index in [9.17, 15) is 13.2 Å². The molecule has 19 heavy (non-hydrogen) atoms. The van der Waals surface area contributed by atoms with Crippen molar-refractivity contribution in [1.82, 2.24) is 9.71 Å². The molecule has 0 aliphatic heterocycles. The van der Waals surface area contributed by atoms with E-state index in [0.29, 0.717) is 0 Å². The molecule has 0 atom stereocenters. The van der Waals surface area contributed by atoms with Gasteiger partial charge in [-0.15, -0.1) is 11.3 Å². The summed E-state index contributed by atoms with van der Waals surface area (Å²) in [4.78, 5) is 14.5. The number of carboxylic acid groups (broad SMARTS) is 1. The van der Waals surface area contributed by atoms with E-state index >= 15 is 0 Å². The van der Waals surface area contributed by atoms with Gasteiger partial charge in [-0.3, -0.25) is 4.98 Å². The fourth-order valence-corrected chi connectivity index (χ4v) is 3.46. The standard InChI is InChI=1S/C11H10N2O4S2/c14-11(15)10-5-9(7-18-10)19(16,17)13-6-8-1-3-12-4-2-8/h1-5,7,13H,6H2,(H,14,15). The van der Waals surface area contributed by atoms with Gasteiger partial charge in [0.2, 0.25) is 10.0 Å². The van der Waals surface area contributed by atoms with Gasteiger partial charge in [0.15, 0.2) is 0 Å². The number of aromatic nitrogens is 1. The van der Waals surface area contributed by atoms with Crippen LogP contribution in [0.25, 0.3) is 0 Å². The molecule has 2 N–H and O–H groups in total. The summed E-state index contributed by atoms with van der Waals surface area (Å²) >= 11 is 0.877. The van der Waals surface area contributed by atoms with Crippen LogP contribution >= 0.6 is 11.3 Å². The van der Waals surface area contributed by atoms with Crippen LogP contribution in [0.5, 0.6) is 0 Å². The number of pyridine rings is 1. The zero-order chi connectivity index (χ0) is 13.9. The lowest BCUT2D eigenvalue weighted by atomic mass is 10.3. The molecule has 0 aliphatic rings. The summed E-state index contributed by atoms with van der Waals surface area (Å²) in [5, 5.41) is 10.1. The number of thiophene rings is 1. The van der Waals surface area contributed by atoms with Gasteiger partial charge < -0.3 is 5.11 Å². The fraction of sp³-hybridized carbons (Fsp3) is 0.0909. The average Bonchev–Trinajstić information content (AvgIpc) is 2.88. The largest absolute Gasteiger partial charge is 0.477 e. The number of carbonyl (C=O) groups is 1. The minimum Gasteiger partial charge on any atom is -0.477 e. The zero-order valence-electron chi connectivity index (χ0n) is 9.61. The van der Waals surface area contributed by atoms with Crippen LogP contribution < -0.4 is 4.72 Å². The van der Waals surface area contributed by atoms with Gasteiger partial charge in [0.1, 0.15) is 4.88 Å². The molecule has 0 saturated heterocycles. The Morgan fingerprint density at radius 3 is 2.63 bits per heavy atom. The first kappa shape index (κ1) is 13.7. The van der Waals surface area contributed by atoms with Gasteiger partial charge in [-0.05, 0) is 23.8 Å². The van der Waals surface area contributed by atoms with Crippen molar-refractivity contribution in [2.45, 2.75) is 11.4 Å². The molecule has 0 spiro atoms. The van der Waals surface area contributed by atoms with Crippen molar-refractivity contribution in [3.05, 3.63) is 46.4 Å². The molecule has 6 nitrogen and oxygen atoms in total. The zero-order valence-corrected chi connectivity index (χ0v) is 11.2. The van der Waals surface area contributed by atoms with Crippen molar-refractivity contribution >= 4 is 27.3 Å². The summed E-state index contributed by atoms with van der Waals surface area (Å²) in [7, 11) is -3.69. The third-order valence-electron chi connectivity index (χ3n) is 2.31. The monoisotopic (exact) mass is 298 g/mol. The predicted molar refractivity (Wildman–Crippen MR) is 69.5 cm³/mol. The van der Waals surface area contributed by atoms with Crippen LogP contribution in [-0.4, -0.2) is 24.5 Å². The topological polar surface area (TPSA) is 96.4 Å². The number of carboxylic acids is 1. The number of hydrogen-bond donors (Lipinski definition) is 2. The van der Waals surface area contributed by atoms with Gasteiger partial charge in [0.05, 0.1) is 4.90 Å². The van der Waals surface area contributed by atoms with E-state index in [2.05, 4.69) is 9.71 Å². The van der Waals surface area contributed by atoms with E-state index in [1.807, 2.05) is 0 Å². The molecule has 100 valence electrons. The van der Waals surface area contributed by atoms with Gasteiger partial charge in [0, 0.05) is 24.3 Å². The van der Waals surface area contributed by atoms with Crippen molar-refractivity contribution in [1.29, 1.82) is 0 Å². The molecule has 8 heteroatoms. The first-order valence-corrected chi connectivity index (χ1v) is 7.56. The minimum absolute atomic E-state index is 0.00992. The van der Waals surface area contributed by atoms with Gasteiger partial charge in [0.25, 0.3) is 0 Å². The lowest BCUT2D eigenvalue weighted by Gasteiger charge is -2.04. The molecule has 2 aromatic heterocycles. The Kier molecular flexibility index (Phi) is 3.93. The molecular weight excluding hydrogens is 288 g/mol. The molecule has 0 aliphatic carbocycles. The number of sulfonamides is 1. The SMILES string of the molecule is O=C(O)c1cc(S(=O)(=O)NCc2ccncc2)cs1. The van der Waals surface area contributed by atoms with Crippen LogP contribution in [0, 0.1) is 0 Å². The van der Waals surface area contributed by atoms with Crippen molar-refractivity contribution in [3.63, 3.8) is 0 Å². The van der Waals surface area contributed by atoms with Gasteiger partial charge >= 0.3 is 5.97 Å². The van der Waals surface area contributed by atoms with E-state index in [0.717, 1.165) is 23.0 Å². The Labute approximate surface area is 113 Å². The molecule has 0 unspecified atom stereocenters. The van der Waals surface area contributed by atoms with E-state index < -0.39 is 16.0 Å². The lowest BCUT2D eigenvalue weighted by Crippen LogP contribution is -2.22. The second-order valence-electron chi connectivity index (χ2n) is 3.63. The second-order valence-corrected chi connectivity index (χ2v) is 6.31. The van der Waals surface area contributed by atoms with Crippen LogP contribution in [0.15, 0.2) is 40.9 Å². The number of rotatable bonds is 5. The Hall–Kier alpha value is -1.77. The highest BCUT2D eigenvalue weighted by atomic mass is 32.2. The Balaban J connectivity index is 2.12. The van der Waals surface area contributed by atoms with Gasteiger partial charge in [-0.1, -0.05) is 0 Å². The van der Waals surface area contributed by atoms with Crippen molar-refractivity contribution < 1.29 is 18.3 Å². The normalized spacial score (nSPS) is 11.4. The molecule has 0 bridgehead atoms. The van der Waals surface area contributed by atoms with Crippen LogP contribution in [-0.2, 0) is 16.6 Å². The third-order valence-corrected chi connectivity index (χ3v) is 4.76. The highest BCUT2D eigenvalue weighted by molar-refractivity contribution is 7.89. The fourth-order valence-electron chi connectivity index (χ4n) is 1.33. The molecular formula is C11H10N2O4S2. The van der Waals surface area contributed by atoms with Crippen LogP contribution in [0.4, 0.5) is 0 Å². The van der Waals surface area contributed by atoms with E-state index in [-0.39, 0.29) is 16.3 Å². The predicted octanol–water partition coefficient (Wildman–Crippen LogP) is 1.32. The summed E-state index contributed by atoms with van der Waals surface area (Å²) in [6.07, 6.45) is 3.13. The second kappa shape index (κ2) is 5.47. The molecule has 0 amide bonds. The van der Waals surface area contributed by atoms with E-state index in [1.165, 1.54) is 5.38 Å². The molecule has 0 saturated carbocycles. The molecule has 0 radical (unpaired) electrons. The van der Waals surface area contributed by atoms with E-state index in [4.69, 9.17) is 5.11 Å². The molecule has 2 heterocycles. The number of nitrogens with one attached hydrogen (secondary N) is 1. The third kappa shape index (κ3) is 3.37. The van der Waals surface area contributed by atoms with Crippen LogP contribution in [0.2, 0.25) is 0 Å². The maximum Gasteiger partial charge on any atom is 0.345 e. The minimum atomic E-state index is -3.69. The number of nitrogens with zero attached hydrogens (tertiary/aromatic N) is 1. The Morgan fingerprint density at radius 1 is 1.37 bits per heavy atom. The quantitative estimate of drug-likeness (QED) is 0.867. The van der Waals surface area contributed by atoms with Crippen molar-refractivity contribution in [2.75, 3.05) is 0 Å². The molecule has 2 rings (SSSR count). The number of hydrogen-bond acceptors (Lipinski definition) is 5.